The van der Waals surface area contributed by atoms with Gasteiger partial charge in [-0.2, -0.15) is 0 Å². The fourth-order valence-corrected chi connectivity index (χ4v) is 4.71. The third-order valence-corrected chi connectivity index (χ3v) is 7.28. The van der Waals surface area contributed by atoms with Gasteiger partial charge in [0.2, 0.25) is 5.91 Å². The van der Waals surface area contributed by atoms with Gasteiger partial charge >= 0.3 is 6.03 Å². The molecule has 3 aromatic carbocycles. The van der Waals surface area contributed by atoms with E-state index in [-0.39, 0.29) is 30.3 Å². The van der Waals surface area contributed by atoms with Gasteiger partial charge in [-0.15, -0.1) is 0 Å². The minimum atomic E-state index is -0.312. The lowest BCUT2D eigenvalue weighted by atomic mass is 10.1. The molecule has 0 aliphatic heterocycles. The maximum atomic E-state index is 13.7. The van der Waals surface area contributed by atoms with Crippen LogP contribution < -0.4 is 5.32 Å². The van der Waals surface area contributed by atoms with Gasteiger partial charge in [0.25, 0.3) is 0 Å². The van der Waals surface area contributed by atoms with Crippen molar-refractivity contribution >= 4 is 28.5 Å². The third-order valence-electron chi connectivity index (χ3n) is 7.28. The van der Waals surface area contributed by atoms with Crippen molar-refractivity contribution in [2.24, 2.45) is 0 Å². The van der Waals surface area contributed by atoms with Gasteiger partial charge in [0.1, 0.15) is 12.4 Å². The van der Waals surface area contributed by atoms with Crippen molar-refractivity contribution in [1.29, 1.82) is 0 Å². The largest absolute Gasteiger partial charge is 0.361 e. The van der Waals surface area contributed by atoms with Crippen LogP contribution in [0.4, 0.5) is 14.9 Å². The highest BCUT2D eigenvalue weighted by molar-refractivity contribution is 5.93. The Balaban J connectivity index is 1.32. The van der Waals surface area contributed by atoms with E-state index in [0.717, 1.165) is 51.7 Å². The number of H-pyrrole nitrogens is 1. The lowest BCUT2D eigenvalue weighted by Gasteiger charge is -2.28. The lowest BCUT2D eigenvalue weighted by Crippen LogP contribution is -2.45. The van der Waals surface area contributed by atoms with Crippen LogP contribution in [-0.2, 0) is 17.8 Å². The Hall–Kier alpha value is -4.13. The highest BCUT2D eigenvalue weighted by atomic mass is 19.1. The van der Waals surface area contributed by atoms with Crippen molar-refractivity contribution in [2.75, 3.05) is 18.4 Å². The maximum absolute atomic E-state index is 13.7. The molecule has 5 rings (SSSR count). The third kappa shape index (κ3) is 6.05. The average molecular weight is 513 g/mol. The van der Waals surface area contributed by atoms with E-state index in [2.05, 4.69) is 16.4 Å². The lowest BCUT2D eigenvalue weighted by molar-refractivity contribution is -0.132. The molecule has 0 bridgehead atoms. The molecule has 6 nitrogen and oxygen atoms in total. The number of hydrogen-bond acceptors (Lipinski definition) is 2. The Morgan fingerprint density at radius 1 is 1.00 bits per heavy atom. The van der Waals surface area contributed by atoms with Crippen molar-refractivity contribution in [2.45, 2.75) is 45.7 Å². The molecule has 1 saturated carbocycles. The summed E-state index contributed by atoms with van der Waals surface area (Å²) in [7, 11) is 0. The second kappa shape index (κ2) is 11.1. The molecule has 0 radical (unpaired) electrons. The van der Waals surface area contributed by atoms with E-state index in [9.17, 15) is 14.0 Å². The SMILES string of the molecule is Cc1ccc(NC(=O)N(CC(=O)N(CCc2c[nH]c3ccccc23)Cc2ccc(F)cc2)C2CC2)cc1C. The van der Waals surface area contributed by atoms with E-state index >= 15 is 0 Å². The number of halogens is 1. The highest BCUT2D eigenvalue weighted by Crippen LogP contribution is 2.28. The molecule has 1 aromatic heterocycles. The zero-order valence-corrected chi connectivity index (χ0v) is 21.8. The van der Waals surface area contributed by atoms with Gasteiger partial charge < -0.3 is 20.1 Å². The summed E-state index contributed by atoms with van der Waals surface area (Å²) in [5, 5.41) is 4.11. The number of amides is 3. The number of nitrogens with zero attached hydrogens (tertiary/aromatic N) is 2. The number of fused-ring (bicyclic) bond motifs is 1. The summed E-state index contributed by atoms with van der Waals surface area (Å²) in [4.78, 5) is 33.6. The van der Waals surface area contributed by atoms with Crippen molar-refractivity contribution < 1.29 is 14.0 Å². The number of para-hydroxylation sites is 1. The first-order valence-corrected chi connectivity index (χ1v) is 13.1. The second-order valence-corrected chi connectivity index (χ2v) is 10.1. The first-order valence-electron chi connectivity index (χ1n) is 13.1. The first kappa shape index (κ1) is 25.5. The summed E-state index contributed by atoms with van der Waals surface area (Å²) in [6, 6.07) is 19.9. The molecule has 1 aliphatic rings. The molecule has 1 heterocycles. The Bertz CT molecular complexity index is 1440. The van der Waals surface area contributed by atoms with Crippen LogP contribution in [0.1, 0.15) is 35.1 Å². The van der Waals surface area contributed by atoms with E-state index < -0.39 is 0 Å². The van der Waals surface area contributed by atoms with Crippen LogP contribution in [0.5, 0.6) is 0 Å². The minimum Gasteiger partial charge on any atom is -0.361 e. The van der Waals surface area contributed by atoms with Crippen molar-refractivity contribution in [3.05, 3.63) is 101 Å². The van der Waals surface area contributed by atoms with Crippen molar-refractivity contribution in [3.8, 4) is 0 Å². The van der Waals surface area contributed by atoms with Crippen LogP contribution in [0.15, 0.2) is 72.9 Å². The number of carbonyl (C=O) groups excluding carboxylic acids is 2. The zero-order chi connectivity index (χ0) is 26.6. The van der Waals surface area contributed by atoms with Gasteiger partial charge in [-0.3, -0.25) is 4.79 Å². The summed E-state index contributed by atoms with van der Waals surface area (Å²) in [5.74, 6) is -0.440. The molecule has 3 amide bonds. The molecule has 1 fully saturated rings. The summed E-state index contributed by atoms with van der Waals surface area (Å²) in [6.07, 6.45) is 4.43. The quantitative estimate of drug-likeness (QED) is 0.281. The Labute approximate surface area is 222 Å². The molecular weight excluding hydrogens is 479 g/mol. The fourth-order valence-electron chi connectivity index (χ4n) is 4.71. The van der Waals surface area contributed by atoms with Crippen molar-refractivity contribution in [3.63, 3.8) is 0 Å². The van der Waals surface area contributed by atoms with Crippen molar-refractivity contribution in [1.82, 2.24) is 14.8 Å². The maximum Gasteiger partial charge on any atom is 0.322 e. The molecule has 4 aromatic rings. The molecule has 196 valence electrons. The number of carbonyl (C=O) groups is 2. The van der Waals surface area contributed by atoms with Crippen LogP contribution in [0, 0.1) is 19.7 Å². The van der Waals surface area contributed by atoms with Gasteiger partial charge in [0.05, 0.1) is 0 Å². The van der Waals surface area contributed by atoms with Crippen LogP contribution in [0.25, 0.3) is 10.9 Å². The number of nitrogens with one attached hydrogen (secondary N) is 2. The molecule has 2 N–H and O–H groups in total. The monoisotopic (exact) mass is 512 g/mol. The number of rotatable bonds is 9. The van der Waals surface area contributed by atoms with E-state index in [0.29, 0.717) is 19.5 Å². The summed E-state index contributed by atoms with van der Waals surface area (Å²) < 4.78 is 13.5. The number of aromatic nitrogens is 1. The van der Waals surface area contributed by atoms with E-state index in [1.54, 1.807) is 21.9 Å². The minimum absolute atomic E-state index is 0.00355. The van der Waals surface area contributed by atoms with Gasteiger partial charge in [0.15, 0.2) is 0 Å². The van der Waals surface area contributed by atoms with Gasteiger partial charge in [0, 0.05) is 41.9 Å². The number of anilines is 1. The Morgan fingerprint density at radius 3 is 2.50 bits per heavy atom. The highest BCUT2D eigenvalue weighted by Gasteiger charge is 2.35. The standard InChI is InChI=1S/C31H33FN4O2/c1-21-7-12-26(17-22(21)2)34-31(38)36(27-13-14-27)20-30(37)35(19-23-8-10-25(32)11-9-23)16-15-24-18-33-29-6-4-3-5-28(24)29/h3-12,17-18,27,33H,13-16,19-20H2,1-2H3,(H,34,38). The zero-order valence-electron chi connectivity index (χ0n) is 21.8. The van der Waals surface area contributed by atoms with Crippen LogP contribution in [0.3, 0.4) is 0 Å². The molecule has 1 aliphatic carbocycles. The molecule has 0 spiro atoms. The van der Waals surface area contributed by atoms with Crippen LogP contribution in [-0.4, -0.2) is 45.9 Å². The number of benzene rings is 3. The van der Waals surface area contributed by atoms with E-state index in [1.165, 1.54) is 12.1 Å². The van der Waals surface area contributed by atoms with E-state index in [4.69, 9.17) is 0 Å². The number of hydrogen-bond donors (Lipinski definition) is 2. The smallest absolute Gasteiger partial charge is 0.322 e. The van der Waals surface area contributed by atoms with Crippen LogP contribution >= 0.6 is 0 Å². The predicted octanol–water partition coefficient (Wildman–Crippen LogP) is 6.19. The summed E-state index contributed by atoms with van der Waals surface area (Å²) in [6.45, 7) is 4.86. The predicted molar refractivity (Wildman–Crippen MR) is 148 cm³/mol. The summed E-state index contributed by atoms with van der Waals surface area (Å²) in [5.41, 5.74) is 6.00. The molecule has 0 unspecified atom stereocenters. The van der Waals surface area contributed by atoms with E-state index in [1.807, 2.05) is 56.4 Å². The topological polar surface area (TPSA) is 68.4 Å². The fraction of sp³-hybridized carbons (Fsp3) is 0.290. The molecule has 38 heavy (non-hydrogen) atoms. The van der Waals surface area contributed by atoms with Gasteiger partial charge in [-0.05, 0) is 85.7 Å². The molecule has 0 saturated heterocycles. The molecule has 0 atom stereocenters. The molecular formula is C31H33FN4O2. The Morgan fingerprint density at radius 2 is 1.76 bits per heavy atom. The van der Waals surface area contributed by atoms with Gasteiger partial charge in [-0.1, -0.05) is 36.4 Å². The van der Waals surface area contributed by atoms with Gasteiger partial charge in [-0.25, -0.2) is 9.18 Å². The average Bonchev–Trinajstić information content (AvgIpc) is 3.67. The normalized spacial score (nSPS) is 12.9. The number of urea groups is 1. The van der Waals surface area contributed by atoms with Crippen LogP contribution in [0.2, 0.25) is 0 Å². The second-order valence-electron chi connectivity index (χ2n) is 10.1. The number of aryl methyl sites for hydroxylation is 2. The molecule has 7 heteroatoms. The Kier molecular flexibility index (Phi) is 7.45. The summed E-state index contributed by atoms with van der Waals surface area (Å²) >= 11 is 0. The number of aromatic amines is 1. The first-order chi connectivity index (χ1) is 18.4.